The van der Waals surface area contributed by atoms with Crippen LogP contribution in [0.3, 0.4) is 0 Å². The van der Waals surface area contributed by atoms with Crippen molar-refractivity contribution in [2.24, 2.45) is 23.2 Å². The largest absolute Gasteiger partial charge is 0.341 e. The van der Waals surface area contributed by atoms with E-state index in [0.29, 0.717) is 5.41 Å². The van der Waals surface area contributed by atoms with Gasteiger partial charge >= 0.3 is 0 Å². The molecule has 2 nitrogen and oxygen atoms in total. The van der Waals surface area contributed by atoms with E-state index in [1.165, 1.54) is 70.8 Å². The number of hydrogen-bond acceptors (Lipinski definition) is 1. The van der Waals surface area contributed by atoms with Gasteiger partial charge in [0.25, 0.3) is 0 Å². The molecule has 1 saturated heterocycles. The van der Waals surface area contributed by atoms with Crippen LogP contribution in [0.1, 0.15) is 78.1 Å². The normalized spacial score (nSPS) is 42.3. The van der Waals surface area contributed by atoms with E-state index in [1.807, 2.05) is 0 Å². The number of nitrogens with one attached hydrogen (secondary N) is 1. The third kappa shape index (κ3) is 3.60. The Morgan fingerprint density at radius 2 is 1.71 bits per heavy atom. The lowest BCUT2D eigenvalue weighted by atomic mass is 9.64. The fourth-order valence-electron chi connectivity index (χ4n) is 6.37. The summed E-state index contributed by atoms with van der Waals surface area (Å²) in [5, 5.41) is 6.95. The van der Waals surface area contributed by atoms with E-state index in [1.54, 1.807) is 0 Å². The fourth-order valence-corrected chi connectivity index (χ4v) is 6.37. The van der Waals surface area contributed by atoms with E-state index in [-0.39, 0.29) is 0 Å². The molecule has 0 radical (unpaired) electrons. The van der Waals surface area contributed by atoms with Gasteiger partial charge in [-0.2, -0.15) is 0 Å². The molecule has 0 amide bonds. The van der Waals surface area contributed by atoms with E-state index < -0.39 is 0 Å². The molecule has 24 heavy (non-hydrogen) atoms. The standard InChI is InChI=1S/C22H38N2/c1-22(2)13-12-18-20(14-22)24-19-11-7-6-10-17(19)21(18)23-15-16-8-4-3-5-9-16/h12-13,16-21,23-24H,3-11,14-15H2,1-2H3/p+1. The van der Waals surface area contributed by atoms with Crippen molar-refractivity contribution in [3.63, 3.8) is 0 Å². The van der Waals surface area contributed by atoms with Gasteiger partial charge in [0.2, 0.25) is 0 Å². The average Bonchev–Trinajstić information content (AvgIpc) is 2.58. The molecule has 2 saturated carbocycles. The summed E-state index contributed by atoms with van der Waals surface area (Å²) in [5.41, 5.74) is 0.396. The summed E-state index contributed by atoms with van der Waals surface area (Å²) < 4.78 is 0. The van der Waals surface area contributed by atoms with Crippen molar-refractivity contribution in [2.75, 3.05) is 6.54 Å². The maximum Gasteiger partial charge on any atom is 0.0948 e. The average molecular weight is 332 g/mol. The van der Waals surface area contributed by atoms with Crippen LogP contribution >= 0.6 is 0 Å². The van der Waals surface area contributed by atoms with Crippen LogP contribution in [0, 0.1) is 23.2 Å². The Labute approximate surface area is 149 Å². The smallest absolute Gasteiger partial charge is 0.0948 e. The maximum atomic E-state index is 4.15. The van der Waals surface area contributed by atoms with Crippen molar-refractivity contribution in [3.8, 4) is 0 Å². The van der Waals surface area contributed by atoms with E-state index >= 15 is 0 Å². The van der Waals surface area contributed by atoms with E-state index in [4.69, 9.17) is 0 Å². The molecule has 3 fully saturated rings. The second kappa shape index (κ2) is 7.11. The van der Waals surface area contributed by atoms with Crippen LogP contribution in [0.2, 0.25) is 0 Å². The molecule has 136 valence electrons. The number of nitrogens with two attached hydrogens (primary N) is 1. The summed E-state index contributed by atoms with van der Waals surface area (Å²) in [7, 11) is 0. The molecule has 0 aromatic carbocycles. The van der Waals surface area contributed by atoms with E-state index in [2.05, 4.69) is 36.6 Å². The van der Waals surface area contributed by atoms with Gasteiger partial charge in [0.05, 0.1) is 12.1 Å². The number of quaternary nitrogens is 1. The van der Waals surface area contributed by atoms with Crippen LogP contribution in [0.4, 0.5) is 0 Å². The first kappa shape index (κ1) is 17.1. The van der Waals surface area contributed by atoms with Crippen molar-refractivity contribution in [3.05, 3.63) is 12.2 Å². The van der Waals surface area contributed by atoms with Gasteiger partial charge in [-0.05, 0) is 50.0 Å². The summed E-state index contributed by atoms with van der Waals surface area (Å²) in [5.74, 6) is 2.63. The van der Waals surface area contributed by atoms with Crippen molar-refractivity contribution in [1.29, 1.82) is 0 Å². The van der Waals surface area contributed by atoms with Gasteiger partial charge in [0.15, 0.2) is 0 Å². The lowest BCUT2D eigenvalue weighted by Crippen LogP contribution is -3.02. The molecule has 1 heterocycles. The summed E-state index contributed by atoms with van der Waals surface area (Å²) in [6.07, 6.45) is 19.7. The highest BCUT2D eigenvalue weighted by molar-refractivity contribution is 5.12. The molecular weight excluding hydrogens is 292 g/mol. The molecule has 0 aromatic rings. The Morgan fingerprint density at radius 1 is 0.958 bits per heavy atom. The number of allylic oxidation sites excluding steroid dienone is 1. The molecule has 0 aromatic heterocycles. The lowest BCUT2D eigenvalue weighted by Gasteiger charge is -2.50. The van der Waals surface area contributed by atoms with Crippen LogP contribution in [-0.2, 0) is 0 Å². The van der Waals surface area contributed by atoms with Crippen molar-refractivity contribution >= 4 is 0 Å². The van der Waals surface area contributed by atoms with Crippen LogP contribution in [-0.4, -0.2) is 24.7 Å². The first-order chi connectivity index (χ1) is 11.6. The fraction of sp³-hybridized carbons (Fsp3) is 0.909. The third-order valence-corrected chi connectivity index (χ3v) is 7.64. The van der Waals surface area contributed by atoms with E-state index in [9.17, 15) is 0 Å². The first-order valence-corrected chi connectivity index (χ1v) is 10.9. The third-order valence-electron chi connectivity index (χ3n) is 7.64. The molecule has 3 aliphatic carbocycles. The van der Waals surface area contributed by atoms with Crippen molar-refractivity contribution in [2.45, 2.75) is 96.2 Å². The highest BCUT2D eigenvalue weighted by Crippen LogP contribution is 2.39. The Morgan fingerprint density at radius 3 is 2.54 bits per heavy atom. The molecule has 0 bridgehead atoms. The molecule has 3 N–H and O–H groups in total. The second-order valence-corrected chi connectivity index (χ2v) is 10.0. The Balaban J connectivity index is 1.48. The lowest BCUT2D eigenvalue weighted by molar-refractivity contribution is -0.747. The zero-order valence-electron chi connectivity index (χ0n) is 16.0. The van der Waals surface area contributed by atoms with Gasteiger partial charge in [0.1, 0.15) is 0 Å². The number of rotatable bonds is 3. The Hall–Kier alpha value is -0.340. The topological polar surface area (TPSA) is 28.6 Å². The van der Waals surface area contributed by atoms with Crippen molar-refractivity contribution in [1.82, 2.24) is 5.32 Å². The minimum absolute atomic E-state index is 0.396. The van der Waals surface area contributed by atoms with Crippen LogP contribution in [0.15, 0.2) is 12.2 Å². The number of piperidine rings is 1. The molecule has 5 unspecified atom stereocenters. The first-order valence-electron chi connectivity index (χ1n) is 10.9. The minimum atomic E-state index is 0.396. The summed E-state index contributed by atoms with van der Waals surface area (Å²) >= 11 is 0. The van der Waals surface area contributed by atoms with Gasteiger partial charge < -0.3 is 10.6 Å². The van der Waals surface area contributed by atoms with Crippen molar-refractivity contribution < 1.29 is 5.32 Å². The van der Waals surface area contributed by atoms with Crippen LogP contribution in [0.25, 0.3) is 0 Å². The second-order valence-electron chi connectivity index (χ2n) is 10.0. The quantitative estimate of drug-likeness (QED) is 0.760. The molecular formula is C22H39N2+. The highest BCUT2D eigenvalue weighted by Gasteiger charge is 2.49. The van der Waals surface area contributed by atoms with Gasteiger partial charge in [-0.25, -0.2) is 0 Å². The van der Waals surface area contributed by atoms with Gasteiger partial charge in [-0.15, -0.1) is 0 Å². The number of hydrogen-bond donors (Lipinski definition) is 2. The maximum absolute atomic E-state index is 4.15. The van der Waals surface area contributed by atoms with Gasteiger partial charge in [-0.1, -0.05) is 51.7 Å². The Bertz CT molecular complexity index is 449. The molecule has 2 heteroatoms. The van der Waals surface area contributed by atoms with Gasteiger partial charge in [-0.3, -0.25) is 0 Å². The molecule has 4 aliphatic rings. The summed E-state index contributed by atoms with van der Waals surface area (Å²) in [6, 6.07) is 2.46. The zero-order valence-corrected chi connectivity index (χ0v) is 16.0. The summed E-state index contributed by atoms with van der Waals surface area (Å²) in [6.45, 7) is 6.13. The zero-order chi connectivity index (χ0) is 16.6. The number of fused-ring (bicyclic) bond motifs is 2. The molecule has 1 aliphatic heterocycles. The monoisotopic (exact) mass is 331 g/mol. The minimum Gasteiger partial charge on any atom is -0.341 e. The van der Waals surface area contributed by atoms with Gasteiger partial charge in [0, 0.05) is 24.3 Å². The predicted molar refractivity (Wildman–Crippen MR) is 101 cm³/mol. The SMILES string of the molecule is CC1(C)C=CC2C(C1)[NH2+]C1CCCCC1C2NCC1CCCCC1. The predicted octanol–water partition coefficient (Wildman–Crippen LogP) is 3.63. The van der Waals surface area contributed by atoms with Crippen LogP contribution in [0.5, 0.6) is 0 Å². The highest BCUT2D eigenvalue weighted by atomic mass is 15.1. The van der Waals surface area contributed by atoms with Crippen LogP contribution < -0.4 is 10.6 Å². The van der Waals surface area contributed by atoms with E-state index in [0.717, 1.165) is 35.9 Å². The molecule has 5 atom stereocenters. The molecule has 4 rings (SSSR count). The Kier molecular flexibility index (Phi) is 5.07. The molecule has 0 spiro atoms. The summed E-state index contributed by atoms with van der Waals surface area (Å²) in [4.78, 5) is 0.